The van der Waals surface area contributed by atoms with Crippen molar-refractivity contribution in [1.82, 2.24) is 0 Å². The van der Waals surface area contributed by atoms with Crippen LogP contribution in [0.2, 0.25) is 0 Å². The molecular weight excluding hydrogens is 567 g/mol. The van der Waals surface area contributed by atoms with Gasteiger partial charge in [-0.05, 0) is 26.0 Å². The van der Waals surface area contributed by atoms with Crippen molar-refractivity contribution in [1.29, 1.82) is 0 Å². The van der Waals surface area contributed by atoms with Crippen LogP contribution < -0.4 is 10.2 Å². The van der Waals surface area contributed by atoms with Crippen molar-refractivity contribution in [3.63, 3.8) is 0 Å². The van der Waals surface area contributed by atoms with Crippen molar-refractivity contribution in [2.45, 2.75) is 86.5 Å². The Balaban J connectivity index is 0. The predicted octanol–water partition coefficient (Wildman–Crippen LogP) is 2.88. The molecule has 0 unspecified atom stereocenters. The zero-order valence-electron chi connectivity index (χ0n) is 18.9. The molecular formula is C23H34O6Pt. The first-order valence-electron chi connectivity index (χ1n) is 9.86. The molecule has 172 valence electrons. The predicted molar refractivity (Wildman–Crippen MR) is 110 cm³/mol. The SMILES string of the molecule is CC(=O)/C=C(/C)[O-].CC(=O)/C=C(/C)[O-].CC(=O)C/C1=[C](\[Pt+2][C](C)=O)CCCCCC1. The molecule has 1 aliphatic rings. The number of carbonyl (C=O) groups excluding carboxylic acids is 4. The normalized spacial score (nSPS) is 17.4. The molecule has 7 heteroatoms. The Labute approximate surface area is 189 Å². The Morgan fingerprint density at radius 1 is 0.767 bits per heavy atom. The fourth-order valence-corrected chi connectivity index (χ4v) is 5.09. The van der Waals surface area contributed by atoms with Crippen molar-refractivity contribution >= 4 is 21.5 Å². The molecule has 1 aliphatic carbocycles. The molecule has 0 fully saturated rings. The molecule has 1 rings (SSSR count). The number of hydrogen-bond donors (Lipinski definition) is 0. The van der Waals surface area contributed by atoms with Gasteiger partial charge in [-0.1, -0.05) is 13.8 Å². The Morgan fingerprint density at radius 3 is 1.50 bits per heavy atom. The standard InChI is InChI=1S/C11H17O.2C5H8O2.C2H3O.Pt/c1-10(12)9-11-7-5-3-2-4-6-8-11;2*1-4(6)3-5(2)7;1-2-3;/h2-7,9H2,1H3;2*3,6H,1-2H3;1H3;/q;;;;+2/p-2/b;2*4-3-;;. The van der Waals surface area contributed by atoms with E-state index in [2.05, 4.69) is 0 Å². The fourth-order valence-electron chi connectivity index (χ4n) is 2.55. The van der Waals surface area contributed by atoms with E-state index in [-0.39, 0.29) is 28.9 Å². The van der Waals surface area contributed by atoms with Crippen molar-refractivity contribution in [3.05, 3.63) is 33.2 Å². The summed E-state index contributed by atoms with van der Waals surface area (Å²) in [6, 6.07) is 0. The maximum atomic E-state index is 11.3. The summed E-state index contributed by atoms with van der Waals surface area (Å²) < 4.78 is 1.69. The average molecular weight is 602 g/mol. The molecule has 0 aromatic heterocycles. The van der Waals surface area contributed by atoms with Crippen LogP contribution >= 0.6 is 0 Å². The second-order valence-electron chi connectivity index (χ2n) is 7.00. The van der Waals surface area contributed by atoms with Crippen molar-refractivity contribution in [2.24, 2.45) is 0 Å². The quantitative estimate of drug-likeness (QED) is 0.342. The van der Waals surface area contributed by atoms with Gasteiger partial charge in [-0.15, -0.1) is 11.5 Å². The van der Waals surface area contributed by atoms with Gasteiger partial charge in [-0.25, -0.2) is 0 Å². The molecule has 0 saturated heterocycles. The molecule has 0 N–H and O–H groups in total. The summed E-state index contributed by atoms with van der Waals surface area (Å²) in [5, 5.41) is 20.0. The van der Waals surface area contributed by atoms with Crippen molar-refractivity contribution < 1.29 is 48.0 Å². The first-order valence-corrected chi connectivity index (χ1v) is 12.1. The maximum absolute atomic E-state index is 11.3. The number of hydrogen-bond acceptors (Lipinski definition) is 6. The van der Waals surface area contributed by atoms with E-state index in [0.717, 1.165) is 25.0 Å². The van der Waals surface area contributed by atoms with E-state index >= 15 is 0 Å². The van der Waals surface area contributed by atoms with E-state index in [4.69, 9.17) is 0 Å². The third kappa shape index (κ3) is 22.5. The molecule has 0 radical (unpaired) electrons. The van der Waals surface area contributed by atoms with Crippen molar-refractivity contribution in [2.75, 3.05) is 0 Å². The van der Waals surface area contributed by atoms with E-state index in [0.29, 0.717) is 10.6 Å². The monoisotopic (exact) mass is 601 g/mol. The van der Waals surface area contributed by atoms with Gasteiger partial charge in [-0.2, -0.15) is 0 Å². The van der Waals surface area contributed by atoms with Crippen LogP contribution in [0.25, 0.3) is 0 Å². The number of carbonyl (C=O) groups is 4. The summed E-state index contributed by atoms with van der Waals surface area (Å²) in [4.78, 5) is 42.5. The zero-order chi connectivity index (χ0) is 23.7. The van der Waals surface area contributed by atoms with Crippen LogP contribution in [-0.2, 0) is 37.7 Å². The molecule has 0 heterocycles. The molecule has 0 bridgehead atoms. The Bertz CT molecular complexity index is 620. The van der Waals surface area contributed by atoms with Crippen LogP contribution in [0.4, 0.5) is 0 Å². The first kappa shape index (κ1) is 30.4. The third-order valence-electron chi connectivity index (χ3n) is 3.45. The van der Waals surface area contributed by atoms with Gasteiger partial charge >= 0.3 is 106 Å². The molecule has 0 spiro atoms. The van der Waals surface area contributed by atoms with Gasteiger partial charge in [0.25, 0.3) is 0 Å². The molecule has 0 saturated carbocycles. The Morgan fingerprint density at radius 2 is 1.20 bits per heavy atom. The number of rotatable bonds is 6. The number of Topliss-reactive ketones (excluding diaryl/α,β-unsaturated/α-hetero) is 1. The third-order valence-corrected chi connectivity index (χ3v) is 6.31. The van der Waals surface area contributed by atoms with Crippen LogP contribution in [0.15, 0.2) is 33.2 Å². The van der Waals surface area contributed by atoms with E-state index in [1.165, 1.54) is 62.9 Å². The number of allylic oxidation sites excluding steroid dienone is 6. The summed E-state index contributed by atoms with van der Waals surface area (Å²) in [5.74, 6) is -0.513. The zero-order valence-corrected chi connectivity index (χ0v) is 21.1. The van der Waals surface area contributed by atoms with Crippen LogP contribution in [0.5, 0.6) is 0 Å². The topological polar surface area (TPSA) is 114 Å². The first-order chi connectivity index (χ1) is 13.8. The van der Waals surface area contributed by atoms with Gasteiger partial charge in [0.15, 0.2) is 11.6 Å². The molecule has 0 atom stereocenters. The second-order valence-corrected chi connectivity index (χ2v) is 10.5. The van der Waals surface area contributed by atoms with Crippen LogP contribution in [0.3, 0.4) is 0 Å². The summed E-state index contributed by atoms with van der Waals surface area (Å²) in [6.07, 6.45) is 9.74. The molecule has 0 aromatic rings. The summed E-state index contributed by atoms with van der Waals surface area (Å²) in [7, 11) is 0. The average Bonchev–Trinajstić information content (AvgIpc) is 2.51. The fraction of sp³-hybridized carbons (Fsp3) is 0.565. The summed E-state index contributed by atoms with van der Waals surface area (Å²) in [5.41, 5.74) is 1.30. The van der Waals surface area contributed by atoms with Gasteiger partial charge in [0, 0.05) is 0 Å². The van der Waals surface area contributed by atoms with Crippen LogP contribution in [0.1, 0.15) is 86.5 Å². The van der Waals surface area contributed by atoms with Gasteiger partial charge in [0.2, 0.25) is 0 Å². The summed E-state index contributed by atoms with van der Waals surface area (Å²) in [6.45, 7) is 8.73. The van der Waals surface area contributed by atoms with E-state index < -0.39 is 18.6 Å². The van der Waals surface area contributed by atoms with E-state index in [9.17, 15) is 29.4 Å². The van der Waals surface area contributed by atoms with Gasteiger partial charge in [-0.3, -0.25) is 9.59 Å². The van der Waals surface area contributed by atoms with Crippen LogP contribution in [-0.4, -0.2) is 21.5 Å². The molecule has 6 nitrogen and oxygen atoms in total. The molecule has 30 heavy (non-hydrogen) atoms. The van der Waals surface area contributed by atoms with Gasteiger partial charge < -0.3 is 10.2 Å². The van der Waals surface area contributed by atoms with Crippen LogP contribution in [0, 0.1) is 0 Å². The summed E-state index contributed by atoms with van der Waals surface area (Å²) >= 11 is -0.480. The van der Waals surface area contributed by atoms with E-state index in [1.54, 1.807) is 13.8 Å². The second kappa shape index (κ2) is 18.0. The van der Waals surface area contributed by atoms with Gasteiger partial charge in [0.1, 0.15) is 0 Å². The Kier molecular flexibility index (Phi) is 18.2. The minimum atomic E-state index is -0.480. The van der Waals surface area contributed by atoms with E-state index in [1.807, 2.05) is 0 Å². The molecule has 0 aromatic carbocycles. The molecule has 0 aliphatic heterocycles. The molecule has 0 amide bonds. The minimum absolute atomic E-state index is 0.187. The van der Waals surface area contributed by atoms with Crippen molar-refractivity contribution in [3.8, 4) is 0 Å². The Hall–Kier alpha value is -1.81. The number of ketones is 3. The van der Waals surface area contributed by atoms with Gasteiger partial charge in [0.05, 0.1) is 0 Å².